The van der Waals surface area contributed by atoms with Crippen molar-refractivity contribution >= 4 is 17.7 Å². The fourth-order valence-electron chi connectivity index (χ4n) is 2.24. The van der Waals surface area contributed by atoms with Gasteiger partial charge in [-0.2, -0.15) is 0 Å². The summed E-state index contributed by atoms with van der Waals surface area (Å²) in [7, 11) is 1.75. The largest absolute Gasteiger partial charge is 0.467 e. The molecule has 0 aliphatic rings. The number of thioether (sulfide) groups is 1. The third-order valence-corrected chi connectivity index (χ3v) is 4.75. The molecule has 6 nitrogen and oxygen atoms in total. The molecule has 2 aromatic heterocycles. The molecular formula is C17H17FN4O2S. The number of aromatic nitrogens is 3. The second-order valence-corrected chi connectivity index (χ2v) is 6.71. The third kappa shape index (κ3) is 3.90. The van der Waals surface area contributed by atoms with E-state index in [1.54, 1.807) is 55.1 Å². The van der Waals surface area contributed by atoms with Crippen LogP contribution in [0, 0.1) is 5.82 Å². The van der Waals surface area contributed by atoms with Crippen molar-refractivity contribution in [3.8, 4) is 11.4 Å². The maximum atomic E-state index is 13.9. The summed E-state index contributed by atoms with van der Waals surface area (Å²) in [6.07, 6.45) is 1.56. The highest BCUT2D eigenvalue weighted by Crippen LogP contribution is 2.27. The van der Waals surface area contributed by atoms with E-state index < -0.39 is 0 Å². The number of amides is 1. The van der Waals surface area contributed by atoms with Gasteiger partial charge in [0.25, 0.3) is 0 Å². The van der Waals surface area contributed by atoms with Crippen LogP contribution in [0.25, 0.3) is 11.4 Å². The molecule has 1 aromatic carbocycles. The molecule has 1 amide bonds. The van der Waals surface area contributed by atoms with Gasteiger partial charge in [0.1, 0.15) is 11.6 Å². The average Bonchev–Trinajstić information content (AvgIpc) is 3.24. The van der Waals surface area contributed by atoms with E-state index in [1.165, 1.54) is 17.8 Å². The van der Waals surface area contributed by atoms with Crippen LogP contribution in [0.5, 0.6) is 0 Å². The lowest BCUT2D eigenvalue weighted by Gasteiger charge is -2.11. The first-order chi connectivity index (χ1) is 12.1. The van der Waals surface area contributed by atoms with E-state index >= 15 is 0 Å². The van der Waals surface area contributed by atoms with E-state index in [1.807, 2.05) is 0 Å². The zero-order valence-corrected chi connectivity index (χ0v) is 14.6. The molecule has 0 fully saturated rings. The van der Waals surface area contributed by atoms with E-state index in [0.717, 1.165) is 0 Å². The SMILES string of the molecule is C[C@H](Sc1nnc(-c2ccccc2F)n1C)C(=O)NCc1ccco1. The summed E-state index contributed by atoms with van der Waals surface area (Å²) in [6.45, 7) is 2.11. The molecule has 1 N–H and O–H groups in total. The normalized spacial score (nSPS) is 12.1. The molecule has 0 spiro atoms. The van der Waals surface area contributed by atoms with E-state index in [2.05, 4.69) is 15.5 Å². The van der Waals surface area contributed by atoms with E-state index in [9.17, 15) is 9.18 Å². The first kappa shape index (κ1) is 17.2. The number of rotatable bonds is 6. The fraction of sp³-hybridized carbons (Fsp3) is 0.235. The Morgan fingerprint density at radius 3 is 2.84 bits per heavy atom. The summed E-state index contributed by atoms with van der Waals surface area (Å²) in [5.41, 5.74) is 0.374. The molecule has 25 heavy (non-hydrogen) atoms. The molecule has 0 saturated heterocycles. The topological polar surface area (TPSA) is 73.0 Å². The highest BCUT2D eigenvalue weighted by atomic mass is 32.2. The Kier molecular flexibility index (Phi) is 5.18. The second-order valence-electron chi connectivity index (χ2n) is 5.40. The lowest BCUT2D eigenvalue weighted by atomic mass is 10.2. The first-order valence-electron chi connectivity index (χ1n) is 7.67. The summed E-state index contributed by atoms with van der Waals surface area (Å²) >= 11 is 1.26. The number of benzene rings is 1. The van der Waals surface area contributed by atoms with E-state index in [0.29, 0.717) is 28.8 Å². The van der Waals surface area contributed by atoms with Crippen LogP contribution in [0.1, 0.15) is 12.7 Å². The molecule has 0 saturated carbocycles. The lowest BCUT2D eigenvalue weighted by molar-refractivity contribution is -0.120. The number of furan rings is 1. The molecule has 2 heterocycles. The van der Waals surface area contributed by atoms with Crippen molar-refractivity contribution < 1.29 is 13.6 Å². The van der Waals surface area contributed by atoms with Crippen molar-refractivity contribution in [3.05, 3.63) is 54.2 Å². The first-order valence-corrected chi connectivity index (χ1v) is 8.55. The predicted molar refractivity (Wildman–Crippen MR) is 92.3 cm³/mol. The number of carbonyl (C=O) groups is 1. The molecule has 130 valence electrons. The maximum Gasteiger partial charge on any atom is 0.233 e. The van der Waals surface area contributed by atoms with Gasteiger partial charge in [-0.25, -0.2) is 4.39 Å². The average molecular weight is 360 g/mol. The Morgan fingerprint density at radius 1 is 1.32 bits per heavy atom. The zero-order chi connectivity index (χ0) is 17.8. The molecule has 0 radical (unpaired) electrons. The van der Waals surface area contributed by atoms with Crippen molar-refractivity contribution in [1.82, 2.24) is 20.1 Å². The lowest BCUT2D eigenvalue weighted by Crippen LogP contribution is -2.30. The Bertz CT molecular complexity index is 863. The summed E-state index contributed by atoms with van der Waals surface area (Å²) in [4.78, 5) is 12.2. The van der Waals surface area contributed by atoms with E-state index in [-0.39, 0.29) is 17.0 Å². The monoisotopic (exact) mass is 360 g/mol. The molecule has 0 aliphatic carbocycles. The Labute approximate surface area is 148 Å². The van der Waals surface area contributed by atoms with Gasteiger partial charge in [-0.3, -0.25) is 4.79 Å². The van der Waals surface area contributed by atoms with Crippen LogP contribution in [0.3, 0.4) is 0 Å². The van der Waals surface area contributed by atoms with Gasteiger partial charge in [0.15, 0.2) is 11.0 Å². The van der Waals surface area contributed by atoms with Gasteiger partial charge >= 0.3 is 0 Å². The highest BCUT2D eigenvalue weighted by Gasteiger charge is 2.20. The van der Waals surface area contributed by atoms with Gasteiger partial charge in [0, 0.05) is 7.05 Å². The van der Waals surface area contributed by atoms with Crippen molar-refractivity contribution in [2.45, 2.75) is 23.9 Å². The number of hydrogen-bond acceptors (Lipinski definition) is 5. The molecule has 8 heteroatoms. The highest BCUT2D eigenvalue weighted by molar-refractivity contribution is 8.00. The number of carbonyl (C=O) groups excluding carboxylic acids is 1. The van der Waals surface area contributed by atoms with Gasteiger partial charge < -0.3 is 14.3 Å². The standard InChI is InChI=1S/C17H17FN4O2S/c1-11(16(23)19-10-12-6-5-9-24-12)25-17-21-20-15(22(17)2)13-7-3-4-8-14(13)18/h3-9,11H,10H2,1-2H3,(H,19,23)/t11-/m0/s1. The van der Waals surface area contributed by atoms with Crippen molar-refractivity contribution in [2.75, 3.05) is 0 Å². The summed E-state index contributed by atoms with van der Waals surface area (Å²) < 4.78 is 20.8. The molecule has 3 aromatic rings. The van der Waals surface area contributed by atoms with Crippen LogP contribution in [0.4, 0.5) is 4.39 Å². The van der Waals surface area contributed by atoms with Gasteiger partial charge in [0.05, 0.1) is 23.6 Å². The van der Waals surface area contributed by atoms with Crippen LogP contribution in [-0.2, 0) is 18.4 Å². The fourth-order valence-corrected chi connectivity index (χ4v) is 3.08. The summed E-state index contributed by atoms with van der Waals surface area (Å²) in [6, 6.07) is 9.95. The molecule has 0 bridgehead atoms. The smallest absolute Gasteiger partial charge is 0.233 e. The Morgan fingerprint density at radius 2 is 2.12 bits per heavy atom. The number of nitrogens with zero attached hydrogens (tertiary/aromatic N) is 3. The van der Waals surface area contributed by atoms with Crippen molar-refractivity contribution in [1.29, 1.82) is 0 Å². The minimum atomic E-state index is -0.383. The van der Waals surface area contributed by atoms with E-state index in [4.69, 9.17) is 4.42 Å². The second kappa shape index (κ2) is 7.52. The minimum absolute atomic E-state index is 0.142. The quantitative estimate of drug-likeness (QED) is 0.684. The minimum Gasteiger partial charge on any atom is -0.467 e. The van der Waals surface area contributed by atoms with Gasteiger partial charge in [0.2, 0.25) is 5.91 Å². The van der Waals surface area contributed by atoms with Crippen LogP contribution in [0.15, 0.2) is 52.2 Å². The van der Waals surface area contributed by atoms with Crippen molar-refractivity contribution in [3.63, 3.8) is 0 Å². The molecule has 3 rings (SSSR count). The van der Waals surface area contributed by atoms with Crippen LogP contribution < -0.4 is 5.32 Å². The van der Waals surface area contributed by atoms with Crippen LogP contribution in [0.2, 0.25) is 0 Å². The van der Waals surface area contributed by atoms with Gasteiger partial charge in [-0.1, -0.05) is 23.9 Å². The number of nitrogens with one attached hydrogen (secondary N) is 1. The molecule has 0 unspecified atom stereocenters. The van der Waals surface area contributed by atoms with Crippen molar-refractivity contribution in [2.24, 2.45) is 7.05 Å². The predicted octanol–water partition coefficient (Wildman–Crippen LogP) is 3.01. The molecule has 1 atom stereocenters. The summed E-state index contributed by atoms with van der Waals surface area (Å²) in [5.74, 6) is 0.602. The molecule has 0 aliphatic heterocycles. The number of hydrogen-bond donors (Lipinski definition) is 1. The number of halogens is 1. The Hall–Kier alpha value is -2.61. The maximum absolute atomic E-state index is 13.9. The van der Waals surface area contributed by atoms with Crippen LogP contribution in [-0.4, -0.2) is 25.9 Å². The van der Waals surface area contributed by atoms with Crippen LogP contribution >= 0.6 is 11.8 Å². The third-order valence-electron chi connectivity index (χ3n) is 3.62. The zero-order valence-electron chi connectivity index (χ0n) is 13.8. The van der Waals surface area contributed by atoms with Gasteiger partial charge in [-0.05, 0) is 31.2 Å². The summed E-state index contributed by atoms with van der Waals surface area (Å²) in [5, 5.41) is 11.1. The van der Waals surface area contributed by atoms with Gasteiger partial charge in [-0.15, -0.1) is 10.2 Å². The molecular weight excluding hydrogens is 343 g/mol. The Balaban J connectivity index is 1.67.